The van der Waals surface area contributed by atoms with Crippen LogP contribution in [0.1, 0.15) is 11.3 Å². The predicted molar refractivity (Wildman–Crippen MR) is 89.2 cm³/mol. The van der Waals surface area contributed by atoms with Crippen LogP contribution < -0.4 is 5.32 Å². The van der Waals surface area contributed by atoms with Crippen LogP contribution in [0.5, 0.6) is 0 Å². The lowest BCUT2D eigenvalue weighted by atomic mass is 9.95. The van der Waals surface area contributed by atoms with Crippen LogP contribution in [0.4, 0.5) is 0 Å². The monoisotopic (exact) mass is 324 g/mol. The number of methoxy groups -OCH3 is 1. The van der Waals surface area contributed by atoms with Crippen molar-refractivity contribution in [2.24, 2.45) is 5.92 Å². The molecule has 1 heterocycles. The summed E-state index contributed by atoms with van der Waals surface area (Å²) in [7, 11) is 1.72. The highest BCUT2D eigenvalue weighted by molar-refractivity contribution is 7.07. The molecule has 0 bridgehead atoms. The van der Waals surface area contributed by atoms with Crippen LogP contribution in [-0.4, -0.2) is 31.8 Å². The number of hydrogen-bond donors (Lipinski definition) is 1. The molecule has 0 aliphatic rings. The molecular weight excluding hydrogens is 304 g/mol. The Kier molecular flexibility index (Phi) is 7.16. The molecule has 1 unspecified atom stereocenters. The number of benzene rings is 1. The number of aromatic nitrogens is 1. The van der Waals surface area contributed by atoms with E-state index in [4.69, 9.17) is 16.3 Å². The quantitative estimate of drug-likeness (QED) is 0.718. The van der Waals surface area contributed by atoms with E-state index >= 15 is 0 Å². The van der Waals surface area contributed by atoms with Crippen LogP contribution >= 0.6 is 22.9 Å². The first kappa shape index (κ1) is 16.4. The maximum Gasteiger partial charge on any atom is 0.0794 e. The molecule has 1 aromatic carbocycles. The Morgan fingerprint density at radius 2 is 2.29 bits per heavy atom. The lowest BCUT2D eigenvalue weighted by Gasteiger charge is -2.17. The third kappa shape index (κ3) is 6.14. The maximum atomic E-state index is 6.07. The lowest BCUT2D eigenvalue weighted by molar-refractivity contribution is 0.197. The summed E-state index contributed by atoms with van der Waals surface area (Å²) in [6, 6.07) is 8.10. The van der Waals surface area contributed by atoms with Gasteiger partial charge in [0.2, 0.25) is 0 Å². The molecule has 0 radical (unpaired) electrons. The molecule has 0 fully saturated rings. The number of ether oxygens (including phenoxy) is 1. The number of hydrogen-bond acceptors (Lipinski definition) is 4. The number of rotatable bonds is 9. The fraction of sp³-hybridized carbons (Fsp3) is 0.438. The number of halogens is 1. The van der Waals surface area contributed by atoms with Gasteiger partial charge in [-0.2, -0.15) is 0 Å². The van der Waals surface area contributed by atoms with Crippen LogP contribution in [0.2, 0.25) is 5.02 Å². The smallest absolute Gasteiger partial charge is 0.0794 e. The summed E-state index contributed by atoms with van der Waals surface area (Å²) in [5.74, 6) is 0.502. The third-order valence-electron chi connectivity index (χ3n) is 3.31. The van der Waals surface area contributed by atoms with Gasteiger partial charge in [0.1, 0.15) is 0 Å². The van der Waals surface area contributed by atoms with Gasteiger partial charge in [0.05, 0.1) is 17.8 Å². The van der Waals surface area contributed by atoms with Crippen molar-refractivity contribution in [1.29, 1.82) is 0 Å². The second-order valence-corrected chi connectivity index (χ2v) is 6.24. The van der Waals surface area contributed by atoms with Crippen molar-refractivity contribution in [1.82, 2.24) is 10.3 Å². The Labute approximate surface area is 135 Å². The fourth-order valence-corrected chi connectivity index (χ4v) is 3.11. The number of thiazole rings is 1. The molecule has 0 aliphatic carbocycles. The summed E-state index contributed by atoms with van der Waals surface area (Å²) in [5.41, 5.74) is 4.33. The fourth-order valence-electron chi connectivity index (χ4n) is 2.33. The molecule has 1 N–H and O–H groups in total. The molecule has 0 saturated heterocycles. The van der Waals surface area contributed by atoms with Crippen molar-refractivity contribution in [3.63, 3.8) is 0 Å². The maximum absolute atomic E-state index is 6.07. The molecule has 0 amide bonds. The largest absolute Gasteiger partial charge is 0.383 e. The zero-order valence-electron chi connectivity index (χ0n) is 12.2. The number of nitrogens with zero attached hydrogens (tertiary/aromatic N) is 1. The minimum Gasteiger partial charge on any atom is -0.383 e. The van der Waals surface area contributed by atoms with E-state index in [0.717, 1.165) is 37.6 Å². The van der Waals surface area contributed by atoms with Crippen LogP contribution in [0.3, 0.4) is 0 Å². The SMILES string of the molecule is COCCNCC(Cc1cccc(Cl)c1)Cc1cscn1. The van der Waals surface area contributed by atoms with Crippen molar-refractivity contribution in [2.75, 3.05) is 26.8 Å². The summed E-state index contributed by atoms with van der Waals surface area (Å²) >= 11 is 7.72. The van der Waals surface area contributed by atoms with Gasteiger partial charge in [-0.05, 0) is 43.0 Å². The summed E-state index contributed by atoms with van der Waals surface area (Å²) in [6.45, 7) is 2.56. The highest BCUT2D eigenvalue weighted by atomic mass is 35.5. The molecule has 0 saturated carbocycles. The zero-order valence-corrected chi connectivity index (χ0v) is 13.8. The molecule has 21 heavy (non-hydrogen) atoms. The molecule has 2 rings (SSSR count). The van der Waals surface area contributed by atoms with Crippen LogP contribution in [-0.2, 0) is 17.6 Å². The Bertz CT molecular complexity index is 519. The standard InChI is InChI=1S/C16H21ClN2OS/c1-20-6-5-18-10-14(9-16-11-21-12-19-16)7-13-3-2-4-15(17)8-13/h2-4,8,11-12,14,18H,5-7,9-10H2,1H3. The van der Waals surface area contributed by atoms with Crippen molar-refractivity contribution in [3.05, 3.63) is 51.4 Å². The van der Waals surface area contributed by atoms with E-state index in [1.54, 1.807) is 18.4 Å². The van der Waals surface area contributed by atoms with Gasteiger partial charge in [-0.15, -0.1) is 11.3 Å². The van der Waals surface area contributed by atoms with E-state index in [1.165, 1.54) is 11.3 Å². The number of nitrogens with one attached hydrogen (secondary N) is 1. The Hall–Kier alpha value is -0.940. The van der Waals surface area contributed by atoms with Crippen molar-refractivity contribution < 1.29 is 4.74 Å². The minimum absolute atomic E-state index is 0.502. The zero-order chi connectivity index (χ0) is 14.9. The van der Waals surface area contributed by atoms with E-state index in [1.807, 2.05) is 23.7 Å². The highest BCUT2D eigenvalue weighted by Gasteiger charge is 2.12. The van der Waals surface area contributed by atoms with Crippen LogP contribution in [0.25, 0.3) is 0 Å². The molecular formula is C16H21ClN2OS. The minimum atomic E-state index is 0.502. The highest BCUT2D eigenvalue weighted by Crippen LogP contribution is 2.17. The summed E-state index contributed by atoms with van der Waals surface area (Å²) in [5, 5.41) is 6.37. The van der Waals surface area contributed by atoms with Gasteiger partial charge in [0, 0.05) is 24.1 Å². The molecule has 1 atom stereocenters. The second-order valence-electron chi connectivity index (χ2n) is 5.08. The molecule has 0 aliphatic heterocycles. The second kappa shape index (κ2) is 9.15. The average Bonchev–Trinajstić information content (AvgIpc) is 2.96. The third-order valence-corrected chi connectivity index (χ3v) is 4.18. The molecule has 0 spiro atoms. The van der Waals surface area contributed by atoms with Gasteiger partial charge in [-0.1, -0.05) is 23.7 Å². The van der Waals surface area contributed by atoms with Gasteiger partial charge in [0.25, 0.3) is 0 Å². The Balaban J connectivity index is 1.93. The van der Waals surface area contributed by atoms with Gasteiger partial charge in [-0.3, -0.25) is 0 Å². The van der Waals surface area contributed by atoms with Gasteiger partial charge >= 0.3 is 0 Å². The average molecular weight is 325 g/mol. The van der Waals surface area contributed by atoms with E-state index in [2.05, 4.69) is 21.7 Å². The van der Waals surface area contributed by atoms with E-state index in [9.17, 15) is 0 Å². The summed E-state index contributed by atoms with van der Waals surface area (Å²) in [4.78, 5) is 4.40. The molecule has 114 valence electrons. The molecule has 1 aromatic heterocycles. The Morgan fingerprint density at radius 1 is 1.38 bits per heavy atom. The normalized spacial score (nSPS) is 12.5. The van der Waals surface area contributed by atoms with Crippen LogP contribution in [0.15, 0.2) is 35.2 Å². The topological polar surface area (TPSA) is 34.1 Å². The molecule has 3 nitrogen and oxygen atoms in total. The van der Waals surface area contributed by atoms with Gasteiger partial charge in [-0.25, -0.2) is 4.98 Å². The van der Waals surface area contributed by atoms with E-state index in [0.29, 0.717) is 5.92 Å². The van der Waals surface area contributed by atoms with Crippen molar-refractivity contribution in [2.45, 2.75) is 12.8 Å². The molecule has 2 aromatic rings. The first-order valence-electron chi connectivity index (χ1n) is 7.09. The van der Waals surface area contributed by atoms with E-state index < -0.39 is 0 Å². The Morgan fingerprint density at radius 3 is 3.00 bits per heavy atom. The van der Waals surface area contributed by atoms with E-state index in [-0.39, 0.29) is 0 Å². The summed E-state index contributed by atoms with van der Waals surface area (Å²) < 4.78 is 5.07. The van der Waals surface area contributed by atoms with Gasteiger partial charge < -0.3 is 10.1 Å². The first-order valence-corrected chi connectivity index (χ1v) is 8.41. The van der Waals surface area contributed by atoms with Crippen molar-refractivity contribution in [3.8, 4) is 0 Å². The van der Waals surface area contributed by atoms with Crippen molar-refractivity contribution >= 4 is 22.9 Å². The first-order chi connectivity index (χ1) is 10.3. The lowest BCUT2D eigenvalue weighted by Crippen LogP contribution is -2.28. The molecule has 5 heteroatoms. The summed E-state index contributed by atoms with van der Waals surface area (Å²) in [6.07, 6.45) is 1.98. The van der Waals surface area contributed by atoms with Crippen LogP contribution in [0, 0.1) is 5.92 Å². The van der Waals surface area contributed by atoms with Gasteiger partial charge in [0.15, 0.2) is 0 Å². The predicted octanol–water partition coefficient (Wildman–Crippen LogP) is 3.43.